The molecule has 1 aliphatic heterocycles. The fourth-order valence-electron chi connectivity index (χ4n) is 3.12. The zero-order chi connectivity index (χ0) is 14.6. The molecule has 1 heterocycles. The molecule has 0 bridgehead atoms. The SMILES string of the molecule is CCNC(CCCC1CSc2ccccc21)C(C)(C)C. The van der Waals surface area contributed by atoms with Crippen molar-refractivity contribution in [1.29, 1.82) is 0 Å². The van der Waals surface area contributed by atoms with Crippen molar-refractivity contribution >= 4 is 11.8 Å². The van der Waals surface area contributed by atoms with Gasteiger partial charge in [-0.3, -0.25) is 0 Å². The van der Waals surface area contributed by atoms with Gasteiger partial charge in [0.25, 0.3) is 0 Å². The van der Waals surface area contributed by atoms with Crippen LogP contribution in [0.3, 0.4) is 0 Å². The molecule has 0 aromatic heterocycles. The van der Waals surface area contributed by atoms with Crippen molar-refractivity contribution in [3.63, 3.8) is 0 Å². The van der Waals surface area contributed by atoms with E-state index in [4.69, 9.17) is 0 Å². The zero-order valence-electron chi connectivity index (χ0n) is 13.4. The molecular weight excluding hydrogens is 262 g/mol. The number of thioether (sulfide) groups is 1. The van der Waals surface area contributed by atoms with E-state index in [1.54, 1.807) is 5.56 Å². The number of nitrogens with one attached hydrogen (secondary N) is 1. The number of benzene rings is 1. The first-order valence-corrected chi connectivity index (χ1v) is 8.96. The van der Waals surface area contributed by atoms with Crippen LogP contribution in [0.4, 0.5) is 0 Å². The van der Waals surface area contributed by atoms with Gasteiger partial charge in [-0.2, -0.15) is 0 Å². The van der Waals surface area contributed by atoms with E-state index in [9.17, 15) is 0 Å². The minimum atomic E-state index is 0.359. The van der Waals surface area contributed by atoms with Crippen molar-refractivity contribution in [2.75, 3.05) is 12.3 Å². The van der Waals surface area contributed by atoms with Crippen LogP contribution in [0.25, 0.3) is 0 Å². The van der Waals surface area contributed by atoms with Gasteiger partial charge in [0.1, 0.15) is 0 Å². The van der Waals surface area contributed by atoms with Gasteiger partial charge < -0.3 is 5.32 Å². The summed E-state index contributed by atoms with van der Waals surface area (Å²) in [7, 11) is 0. The Balaban J connectivity index is 1.84. The molecule has 0 saturated carbocycles. The van der Waals surface area contributed by atoms with E-state index in [1.165, 1.54) is 29.9 Å². The monoisotopic (exact) mass is 291 g/mol. The highest BCUT2D eigenvalue weighted by Gasteiger charge is 2.25. The topological polar surface area (TPSA) is 12.0 Å². The molecular formula is C18H29NS. The first-order chi connectivity index (χ1) is 9.52. The Labute approximate surface area is 128 Å². The van der Waals surface area contributed by atoms with Crippen LogP contribution in [0.2, 0.25) is 0 Å². The lowest BCUT2D eigenvalue weighted by Crippen LogP contribution is -2.40. The first-order valence-electron chi connectivity index (χ1n) is 7.97. The van der Waals surface area contributed by atoms with E-state index in [-0.39, 0.29) is 0 Å². The predicted octanol–water partition coefficient (Wildman–Crippen LogP) is 5.07. The summed E-state index contributed by atoms with van der Waals surface area (Å²) in [6, 6.07) is 9.59. The summed E-state index contributed by atoms with van der Waals surface area (Å²) in [5, 5.41) is 3.66. The summed E-state index contributed by atoms with van der Waals surface area (Å²) in [5.74, 6) is 2.05. The second kappa shape index (κ2) is 7.00. The number of hydrogen-bond donors (Lipinski definition) is 1. The van der Waals surface area contributed by atoms with Crippen LogP contribution in [0, 0.1) is 5.41 Å². The Hall–Kier alpha value is -0.470. The van der Waals surface area contributed by atoms with Crippen molar-refractivity contribution in [3.8, 4) is 0 Å². The van der Waals surface area contributed by atoms with Crippen LogP contribution in [-0.4, -0.2) is 18.3 Å². The van der Waals surface area contributed by atoms with E-state index in [1.807, 2.05) is 11.8 Å². The molecule has 1 aromatic rings. The lowest BCUT2D eigenvalue weighted by Gasteiger charge is -2.31. The molecule has 1 nitrogen and oxygen atoms in total. The van der Waals surface area contributed by atoms with Gasteiger partial charge in [-0.1, -0.05) is 52.3 Å². The molecule has 112 valence electrons. The van der Waals surface area contributed by atoms with Crippen LogP contribution in [0.15, 0.2) is 29.2 Å². The van der Waals surface area contributed by atoms with Crippen molar-refractivity contribution in [2.24, 2.45) is 5.41 Å². The minimum Gasteiger partial charge on any atom is -0.314 e. The standard InChI is InChI=1S/C18H29NS/c1-5-19-17(18(2,3)4)12-8-9-14-13-20-16-11-7-6-10-15(14)16/h6-7,10-11,14,17,19H,5,8-9,12-13H2,1-4H3. The highest BCUT2D eigenvalue weighted by molar-refractivity contribution is 7.99. The molecule has 2 heteroatoms. The minimum absolute atomic E-state index is 0.359. The van der Waals surface area contributed by atoms with Gasteiger partial charge in [-0.05, 0) is 42.3 Å². The smallest absolute Gasteiger partial charge is 0.0115 e. The second-order valence-corrected chi connectivity index (χ2v) is 8.01. The highest BCUT2D eigenvalue weighted by Crippen LogP contribution is 2.41. The summed E-state index contributed by atoms with van der Waals surface area (Å²) in [5.41, 5.74) is 1.95. The number of fused-ring (bicyclic) bond motifs is 1. The van der Waals surface area contributed by atoms with Gasteiger partial charge >= 0.3 is 0 Å². The lowest BCUT2D eigenvalue weighted by molar-refractivity contribution is 0.252. The predicted molar refractivity (Wildman–Crippen MR) is 90.7 cm³/mol. The number of rotatable bonds is 6. The molecule has 0 saturated heterocycles. The van der Waals surface area contributed by atoms with E-state index >= 15 is 0 Å². The van der Waals surface area contributed by atoms with Crippen LogP contribution in [0.1, 0.15) is 58.4 Å². The fraction of sp³-hybridized carbons (Fsp3) is 0.667. The molecule has 0 aliphatic carbocycles. The summed E-state index contributed by atoms with van der Waals surface area (Å²) in [6.45, 7) is 10.3. The fourth-order valence-corrected chi connectivity index (χ4v) is 4.43. The van der Waals surface area contributed by atoms with E-state index in [2.05, 4.69) is 57.3 Å². The highest BCUT2D eigenvalue weighted by atomic mass is 32.2. The molecule has 0 radical (unpaired) electrons. The van der Waals surface area contributed by atoms with Crippen LogP contribution >= 0.6 is 11.8 Å². The molecule has 0 fully saturated rings. The number of hydrogen-bond acceptors (Lipinski definition) is 2. The Bertz CT molecular complexity index is 422. The third kappa shape index (κ3) is 4.02. The molecule has 2 atom stereocenters. The molecule has 1 aliphatic rings. The normalized spacial score (nSPS) is 19.9. The Morgan fingerprint density at radius 1 is 1.30 bits per heavy atom. The Morgan fingerprint density at radius 3 is 2.75 bits per heavy atom. The van der Waals surface area contributed by atoms with Crippen molar-refractivity contribution in [3.05, 3.63) is 29.8 Å². The third-order valence-corrected chi connectivity index (χ3v) is 5.59. The molecule has 0 amide bonds. The first kappa shape index (κ1) is 15.9. The van der Waals surface area contributed by atoms with E-state index in [0.717, 1.165) is 12.5 Å². The second-order valence-electron chi connectivity index (χ2n) is 6.95. The summed E-state index contributed by atoms with van der Waals surface area (Å²) < 4.78 is 0. The van der Waals surface area contributed by atoms with Crippen molar-refractivity contribution < 1.29 is 0 Å². The maximum Gasteiger partial charge on any atom is 0.0115 e. The van der Waals surface area contributed by atoms with Crippen molar-refractivity contribution in [2.45, 2.75) is 63.8 Å². The Kier molecular flexibility index (Phi) is 5.57. The van der Waals surface area contributed by atoms with Crippen LogP contribution in [0.5, 0.6) is 0 Å². The average molecular weight is 292 g/mol. The largest absolute Gasteiger partial charge is 0.314 e. The lowest BCUT2D eigenvalue weighted by atomic mass is 9.82. The summed E-state index contributed by atoms with van der Waals surface area (Å²) in [4.78, 5) is 1.51. The zero-order valence-corrected chi connectivity index (χ0v) is 14.2. The molecule has 1 aromatic carbocycles. The van der Waals surface area contributed by atoms with Crippen molar-refractivity contribution in [1.82, 2.24) is 5.32 Å². The quantitative estimate of drug-likeness (QED) is 0.785. The maximum atomic E-state index is 3.66. The Morgan fingerprint density at radius 2 is 2.05 bits per heavy atom. The van der Waals surface area contributed by atoms with Gasteiger partial charge in [0.05, 0.1) is 0 Å². The van der Waals surface area contributed by atoms with Crippen LogP contribution in [-0.2, 0) is 0 Å². The molecule has 2 rings (SSSR count). The molecule has 2 unspecified atom stereocenters. The van der Waals surface area contributed by atoms with Gasteiger partial charge in [-0.15, -0.1) is 11.8 Å². The molecule has 20 heavy (non-hydrogen) atoms. The van der Waals surface area contributed by atoms with E-state index < -0.39 is 0 Å². The van der Waals surface area contributed by atoms with Crippen LogP contribution < -0.4 is 5.32 Å². The summed E-state index contributed by atoms with van der Waals surface area (Å²) in [6.07, 6.45) is 3.96. The molecule has 0 spiro atoms. The average Bonchev–Trinajstić information content (AvgIpc) is 2.80. The molecule has 1 N–H and O–H groups in total. The third-order valence-electron chi connectivity index (χ3n) is 4.34. The van der Waals surface area contributed by atoms with Gasteiger partial charge in [-0.25, -0.2) is 0 Å². The summed E-state index contributed by atoms with van der Waals surface area (Å²) >= 11 is 2.03. The maximum absolute atomic E-state index is 3.66. The van der Waals surface area contributed by atoms with Gasteiger partial charge in [0.2, 0.25) is 0 Å². The van der Waals surface area contributed by atoms with Gasteiger partial charge in [0.15, 0.2) is 0 Å². The van der Waals surface area contributed by atoms with E-state index in [0.29, 0.717) is 11.5 Å². The van der Waals surface area contributed by atoms with Gasteiger partial charge in [0, 0.05) is 16.7 Å².